The van der Waals surface area contributed by atoms with Crippen molar-refractivity contribution in [1.29, 1.82) is 0 Å². The topological polar surface area (TPSA) is 63.2 Å². The smallest absolute Gasteiger partial charge is 0.373 e. The van der Waals surface area contributed by atoms with Crippen LogP contribution in [0.2, 0.25) is 0 Å². The summed E-state index contributed by atoms with van der Waals surface area (Å²) in [5, 5.41) is 0. The van der Waals surface area contributed by atoms with Crippen LogP contribution in [0.25, 0.3) is 0 Å². The number of hydrogen-bond donors (Lipinski definition) is 0. The lowest BCUT2D eigenvalue weighted by molar-refractivity contribution is -0.556. The van der Waals surface area contributed by atoms with Gasteiger partial charge in [-0.1, -0.05) is 79.4 Å². The highest BCUT2D eigenvalue weighted by Gasteiger charge is 2.69. The first-order valence-corrected chi connectivity index (χ1v) is 21.0. The normalized spacial score (nSPS) is 49.9. The van der Waals surface area contributed by atoms with Gasteiger partial charge < -0.3 is 14.2 Å². The first-order valence-electron chi connectivity index (χ1n) is 21.0. The van der Waals surface area contributed by atoms with Crippen LogP contribution in [-0.4, -0.2) is 29.8 Å². The Labute approximate surface area is 303 Å². The van der Waals surface area contributed by atoms with Crippen molar-refractivity contribution < 1.29 is 28.8 Å². The maximum absolute atomic E-state index is 14.1. The van der Waals surface area contributed by atoms with Crippen molar-refractivity contribution >= 4 is 5.97 Å². The van der Waals surface area contributed by atoms with Gasteiger partial charge in [-0.2, -0.15) is 0 Å². The van der Waals surface area contributed by atoms with Crippen molar-refractivity contribution in [3.63, 3.8) is 0 Å². The Hall–Kier alpha value is -1.37. The molecule has 280 valence electrons. The van der Waals surface area contributed by atoms with Gasteiger partial charge in [0.1, 0.15) is 6.10 Å². The average molecular weight is 693 g/mol. The van der Waals surface area contributed by atoms with Gasteiger partial charge >= 0.3 is 5.97 Å². The molecule has 5 aliphatic carbocycles. The molecule has 0 aromatic carbocycles. The molecular weight excluding hydrogens is 624 g/mol. The van der Waals surface area contributed by atoms with Crippen molar-refractivity contribution in [3.8, 4) is 0 Å². The molecular formula is C44H68O6. The minimum atomic E-state index is -0.866. The Balaban J connectivity index is 0.972. The van der Waals surface area contributed by atoms with E-state index in [2.05, 4.69) is 54.5 Å². The number of hydrogen-bond acceptors (Lipinski definition) is 6. The van der Waals surface area contributed by atoms with Gasteiger partial charge in [0, 0.05) is 24.7 Å². The van der Waals surface area contributed by atoms with E-state index in [1.54, 1.807) is 5.57 Å². The second-order valence-electron chi connectivity index (χ2n) is 20.2. The molecule has 14 atom stereocenters. The first-order chi connectivity index (χ1) is 23.6. The van der Waals surface area contributed by atoms with E-state index in [0.717, 1.165) is 74.2 Å². The SMILES string of the molecule is CC1=C(C(=O)O[C@H]2CC[C@@]3(C)C(=CC[C@@]4(C)[C@@H]5CC[C@H]([C@H](C)CCCC(C)C)[C@@]5(C)CC[C@@H]43)C2)O[C@@H]2O[C@]3(C)CC[C@H]4[C@H](C)CC[C@@H]1[C@@]24OO3. The number of carbonyl (C=O) groups excluding carboxylic acids is 1. The van der Waals surface area contributed by atoms with Crippen LogP contribution in [0.3, 0.4) is 0 Å². The van der Waals surface area contributed by atoms with E-state index in [1.807, 2.05) is 13.8 Å². The molecule has 7 fully saturated rings. The summed E-state index contributed by atoms with van der Waals surface area (Å²) in [6.07, 6.45) is 19.3. The predicted molar refractivity (Wildman–Crippen MR) is 194 cm³/mol. The summed E-state index contributed by atoms with van der Waals surface area (Å²) < 4.78 is 19.5. The molecule has 3 saturated heterocycles. The zero-order chi connectivity index (χ0) is 35.4. The predicted octanol–water partition coefficient (Wildman–Crippen LogP) is 10.8. The molecule has 0 aromatic rings. The van der Waals surface area contributed by atoms with Crippen LogP contribution in [0.15, 0.2) is 23.0 Å². The van der Waals surface area contributed by atoms with Crippen LogP contribution in [-0.2, 0) is 28.8 Å². The third-order valence-corrected chi connectivity index (χ3v) is 17.1. The van der Waals surface area contributed by atoms with Crippen LogP contribution in [0.5, 0.6) is 0 Å². The van der Waals surface area contributed by atoms with Crippen LogP contribution >= 0.6 is 0 Å². The molecule has 6 nitrogen and oxygen atoms in total. The molecule has 4 saturated carbocycles. The van der Waals surface area contributed by atoms with E-state index in [1.165, 1.54) is 51.4 Å². The number of carbonyl (C=O) groups is 1. The molecule has 50 heavy (non-hydrogen) atoms. The quantitative estimate of drug-likeness (QED) is 0.150. The summed E-state index contributed by atoms with van der Waals surface area (Å²) in [6.45, 7) is 21.5. The average Bonchev–Trinajstić information content (AvgIpc) is 3.27. The molecule has 0 aromatic heterocycles. The highest BCUT2D eigenvalue weighted by atomic mass is 17.3. The fraction of sp³-hybridized carbons (Fsp3) is 0.886. The minimum absolute atomic E-state index is 0.0104. The lowest BCUT2D eigenvalue weighted by Gasteiger charge is -2.63. The van der Waals surface area contributed by atoms with Crippen molar-refractivity contribution in [3.05, 3.63) is 23.0 Å². The van der Waals surface area contributed by atoms with E-state index in [9.17, 15) is 4.79 Å². The number of esters is 1. The highest BCUT2D eigenvalue weighted by Crippen LogP contribution is 2.72. The van der Waals surface area contributed by atoms with Crippen molar-refractivity contribution in [1.82, 2.24) is 0 Å². The number of rotatable bonds is 7. The van der Waals surface area contributed by atoms with Gasteiger partial charge in [0.05, 0.1) is 0 Å². The maximum atomic E-state index is 14.1. The Bertz CT molecular complexity index is 1420. The van der Waals surface area contributed by atoms with Crippen LogP contribution in [0, 0.1) is 63.6 Å². The van der Waals surface area contributed by atoms with Gasteiger partial charge in [0.15, 0.2) is 5.60 Å². The molecule has 4 aliphatic heterocycles. The van der Waals surface area contributed by atoms with E-state index >= 15 is 0 Å². The molecule has 4 heterocycles. The van der Waals surface area contributed by atoms with Crippen molar-refractivity contribution in [2.75, 3.05) is 0 Å². The number of allylic oxidation sites excluding steroid dienone is 1. The Morgan fingerprint density at radius 1 is 0.900 bits per heavy atom. The van der Waals surface area contributed by atoms with Crippen LogP contribution in [0.1, 0.15) is 159 Å². The summed E-state index contributed by atoms with van der Waals surface area (Å²) in [4.78, 5) is 26.3. The first kappa shape index (κ1) is 35.6. The van der Waals surface area contributed by atoms with Crippen molar-refractivity contribution in [2.45, 2.75) is 182 Å². The van der Waals surface area contributed by atoms with E-state index in [-0.39, 0.29) is 29.3 Å². The van der Waals surface area contributed by atoms with Crippen molar-refractivity contribution in [2.24, 2.45) is 63.6 Å². The molecule has 1 spiro atoms. The monoisotopic (exact) mass is 693 g/mol. The highest BCUT2D eigenvalue weighted by molar-refractivity contribution is 5.87. The summed E-state index contributed by atoms with van der Waals surface area (Å²) in [5.74, 6) is 3.91. The zero-order valence-electron chi connectivity index (χ0n) is 32.9. The summed E-state index contributed by atoms with van der Waals surface area (Å²) in [6, 6.07) is 0. The Morgan fingerprint density at radius 2 is 1.70 bits per heavy atom. The van der Waals surface area contributed by atoms with Gasteiger partial charge in [-0.15, -0.1) is 0 Å². The lowest BCUT2D eigenvalue weighted by atomic mass is 9.41. The fourth-order valence-electron chi connectivity index (χ4n) is 14.4. The third kappa shape index (κ3) is 5.20. The standard InChI is InChI=1S/C44H68O6/c1-26(2)11-10-12-27(3)32-15-16-35-41(32,7)23-20-36-40(6)22-18-31(25-30(40)17-21-42(35,36)8)46-38(45)37-29(5)34-14-13-28(4)33-19-24-43(9)48-39(47-37)44(33,34)50-49-43/h17,26-28,31-36,39H,10-16,18-25H2,1-9H3/t27-,28-,31+,32-,33+,34+,35-,36-,39-,40+,41-,42+,43+,44-/m1/s1. The molecule has 0 radical (unpaired) electrons. The Kier molecular flexibility index (Phi) is 8.79. The summed E-state index contributed by atoms with van der Waals surface area (Å²) in [5.41, 5.74) is 2.77. The van der Waals surface area contributed by atoms with Crippen LogP contribution < -0.4 is 0 Å². The van der Waals surface area contributed by atoms with E-state index < -0.39 is 17.7 Å². The van der Waals surface area contributed by atoms with Gasteiger partial charge in [-0.25, -0.2) is 14.6 Å². The van der Waals surface area contributed by atoms with Gasteiger partial charge in [-0.3, -0.25) is 0 Å². The second kappa shape index (κ2) is 12.3. The molecule has 0 amide bonds. The minimum Gasteiger partial charge on any atom is -0.456 e. The molecule has 6 heteroatoms. The molecule has 0 unspecified atom stereocenters. The third-order valence-electron chi connectivity index (χ3n) is 17.1. The lowest BCUT2D eigenvalue weighted by Crippen LogP contribution is -2.67. The van der Waals surface area contributed by atoms with Gasteiger partial charge in [-0.05, 0) is 135 Å². The largest absolute Gasteiger partial charge is 0.456 e. The van der Waals surface area contributed by atoms with Gasteiger partial charge in [0.25, 0.3) is 0 Å². The number of fused-ring (bicyclic) bond motifs is 7. The number of ether oxygens (including phenoxy) is 3. The second-order valence-corrected chi connectivity index (χ2v) is 20.2. The fourth-order valence-corrected chi connectivity index (χ4v) is 14.4. The van der Waals surface area contributed by atoms with E-state index in [0.29, 0.717) is 28.4 Å². The van der Waals surface area contributed by atoms with Crippen LogP contribution in [0.4, 0.5) is 0 Å². The molecule has 2 bridgehead atoms. The molecule has 0 N–H and O–H groups in total. The Morgan fingerprint density at radius 3 is 2.48 bits per heavy atom. The summed E-state index contributed by atoms with van der Waals surface area (Å²) >= 11 is 0. The maximum Gasteiger partial charge on any atom is 0.373 e. The van der Waals surface area contributed by atoms with Gasteiger partial charge in [0.2, 0.25) is 17.8 Å². The zero-order valence-corrected chi connectivity index (χ0v) is 32.9. The summed E-state index contributed by atoms with van der Waals surface area (Å²) in [7, 11) is 0. The molecule has 9 rings (SSSR count). The van der Waals surface area contributed by atoms with E-state index in [4.69, 9.17) is 24.0 Å². The molecule has 9 aliphatic rings.